The number of carbonyl (C=O) groups excluding carboxylic acids is 1. The fourth-order valence-electron chi connectivity index (χ4n) is 2.67. The lowest BCUT2D eigenvalue weighted by Crippen LogP contribution is -2.26. The monoisotopic (exact) mass is 446 g/mol. The molecule has 1 aliphatic rings. The van der Waals surface area contributed by atoms with E-state index in [1.54, 1.807) is 13.0 Å². The van der Waals surface area contributed by atoms with Crippen molar-refractivity contribution in [2.24, 2.45) is 5.73 Å². The Morgan fingerprint density at radius 1 is 1.48 bits per heavy atom. The van der Waals surface area contributed by atoms with Gasteiger partial charge in [0.15, 0.2) is 0 Å². The normalized spacial score (nSPS) is 17.4. The van der Waals surface area contributed by atoms with E-state index in [1.807, 2.05) is 0 Å². The summed E-state index contributed by atoms with van der Waals surface area (Å²) in [6.45, 7) is 2.89. The van der Waals surface area contributed by atoms with Crippen LogP contribution in [0.1, 0.15) is 30.9 Å². The van der Waals surface area contributed by atoms with Gasteiger partial charge in [-0.1, -0.05) is 0 Å². The number of hydrogen-bond acceptors (Lipinski definition) is 6. The van der Waals surface area contributed by atoms with Crippen LogP contribution < -0.4 is 5.73 Å². The van der Waals surface area contributed by atoms with Gasteiger partial charge in [0, 0.05) is 5.56 Å². The number of nitrogens with two attached hydrogens (primary N) is 1. The number of benzene rings is 1. The van der Waals surface area contributed by atoms with Crippen LogP contribution >= 0.6 is 15.9 Å². The van der Waals surface area contributed by atoms with Crippen LogP contribution in [0.5, 0.6) is 5.75 Å². The molecule has 0 fully saturated rings. The molecule has 27 heavy (non-hydrogen) atoms. The van der Waals surface area contributed by atoms with Crippen LogP contribution in [0.3, 0.4) is 0 Å². The van der Waals surface area contributed by atoms with Crippen molar-refractivity contribution >= 4 is 21.9 Å². The van der Waals surface area contributed by atoms with Crippen molar-refractivity contribution < 1.29 is 32.5 Å². The topological polar surface area (TPSA) is 106 Å². The molecule has 2 rings (SSSR count). The van der Waals surface area contributed by atoms with Crippen LogP contribution in [-0.2, 0) is 20.4 Å². The van der Waals surface area contributed by atoms with Gasteiger partial charge < -0.3 is 20.3 Å². The molecule has 0 aliphatic carbocycles. The van der Waals surface area contributed by atoms with Gasteiger partial charge in [-0.05, 0) is 41.9 Å². The third-order valence-electron chi connectivity index (χ3n) is 3.83. The minimum Gasteiger partial charge on any atom is -0.506 e. The summed E-state index contributed by atoms with van der Waals surface area (Å²) < 4.78 is 49.5. The molecule has 0 aromatic heterocycles. The molecular weight excluding hydrogens is 433 g/mol. The van der Waals surface area contributed by atoms with Crippen LogP contribution in [0.15, 0.2) is 39.4 Å². The molecule has 6 nitrogen and oxygen atoms in total. The van der Waals surface area contributed by atoms with E-state index in [-0.39, 0.29) is 39.4 Å². The fourth-order valence-corrected chi connectivity index (χ4v) is 3.15. The molecule has 0 saturated heterocycles. The van der Waals surface area contributed by atoms with Crippen LogP contribution in [-0.4, -0.2) is 17.7 Å². The zero-order valence-electron chi connectivity index (χ0n) is 14.1. The maximum absolute atomic E-state index is 13.2. The molecule has 1 heterocycles. The highest BCUT2D eigenvalue weighted by Crippen LogP contribution is 2.47. The molecule has 144 valence electrons. The zero-order valence-corrected chi connectivity index (χ0v) is 15.7. The average molecular weight is 447 g/mol. The first kappa shape index (κ1) is 20.6. The maximum Gasteiger partial charge on any atom is 0.416 e. The van der Waals surface area contributed by atoms with Crippen molar-refractivity contribution in [3.05, 3.63) is 50.5 Å². The van der Waals surface area contributed by atoms with Gasteiger partial charge in [-0.25, -0.2) is 4.79 Å². The van der Waals surface area contributed by atoms with Crippen molar-refractivity contribution in [1.82, 2.24) is 0 Å². The van der Waals surface area contributed by atoms with Crippen molar-refractivity contribution in [3.63, 3.8) is 0 Å². The minimum atomic E-state index is -4.72. The SMILES string of the molecule is CCOC(=O)C1=C(C)OC(N)=C(C#N)C1c1cc(C(F)(F)F)cc(Br)c1O. The van der Waals surface area contributed by atoms with Crippen LogP contribution in [0.25, 0.3) is 0 Å². The number of phenolic OH excluding ortho intramolecular Hbond substituents is 1. The molecule has 1 aliphatic heterocycles. The number of halogens is 4. The Balaban J connectivity index is 2.81. The van der Waals surface area contributed by atoms with Crippen LogP contribution in [0.2, 0.25) is 0 Å². The van der Waals surface area contributed by atoms with Gasteiger partial charge in [0.25, 0.3) is 0 Å². The van der Waals surface area contributed by atoms with Crippen LogP contribution in [0, 0.1) is 11.3 Å². The van der Waals surface area contributed by atoms with Crippen LogP contribution in [0.4, 0.5) is 13.2 Å². The summed E-state index contributed by atoms with van der Waals surface area (Å²) in [5, 5.41) is 19.8. The molecule has 0 saturated carbocycles. The van der Waals surface area contributed by atoms with E-state index < -0.39 is 29.4 Å². The first-order chi connectivity index (χ1) is 12.5. The number of allylic oxidation sites excluding steroid dienone is 2. The molecule has 0 spiro atoms. The first-order valence-electron chi connectivity index (χ1n) is 7.57. The predicted molar refractivity (Wildman–Crippen MR) is 90.8 cm³/mol. The molecule has 0 amide bonds. The highest BCUT2D eigenvalue weighted by atomic mass is 79.9. The molecule has 1 atom stereocenters. The number of carbonyl (C=O) groups is 1. The third-order valence-corrected chi connectivity index (χ3v) is 4.44. The lowest BCUT2D eigenvalue weighted by molar-refractivity contribution is -0.139. The summed E-state index contributed by atoms with van der Waals surface area (Å²) in [6, 6.07) is 3.09. The maximum atomic E-state index is 13.2. The number of phenols is 1. The second-order valence-electron chi connectivity index (χ2n) is 5.51. The number of aromatic hydroxyl groups is 1. The number of esters is 1. The molecular formula is C17H14BrF3N2O4. The highest BCUT2D eigenvalue weighted by molar-refractivity contribution is 9.10. The standard InChI is InChI=1S/C17H14BrF3N2O4/c1-3-26-16(25)12-7(2)27-15(23)10(6-22)13(12)9-4-8(17(19,20)21)5-11(18)14(9)24/h4-5,13,24H,3,23H2,1-2H3. The first-order valence-corrected chi connectivity index (χ1v) is 8.37. The summed E-state index contributed by atoms with van der Waals surface area (Å²) in [6.07, 6.45) is -4.72. The molecule has 0 bridgehead atoms. The van der Waals surface area contributed by atoms with Gasteiger partial charge in [-0.15, -0.1) is 0 Å². The van der Waals surface area contributed by atoms with E-state index in [0.717, 1.165) is 0 Å². The molecule has 1 unspecified atom stereocenters. The van der Waals surface area contributed by atoms with E-state index in [9.17, 15) is 28.3 Å². The predicted octanol–water partition coefficient (Wildman–Crippen LogP) is 3.82. The van der Waals surface area contributed by atoms with Gasteiger partial charge in [0.1, 0.15) is 23.2 Å². The van der Waals surface area contributed by atoms with Gasteiger partial charge >= 0.3 is 12.1 Å². The fraction of sp³-hybridized carbons (Fsp3) is 0.294. The quantitative estimate of drug-likeness (QED) is 0.683. The lowest BCUT2D eigenvalue weighted by Gasteiger charge is -2.28. The number of nitriles is 1. The Hall–Kier alpha value is -2.67. The van der Waals surface area contributed by atoms with Gasteiger partial charge in [0.05, 0.1) is 28.1 Å². The Morgan fingerprint density at radius 2 is 2.11 bits per heavy atom. The van der Waals surface area contributed by atoms with Gasteiger partial charge in [-0.2, -0.15) is 18.4 Å². The molecule has 1 aromatic rings. The van der Waals surface area contributed by atoms with E-state index >= 15 is 0 Å². The van der Waals surface area contributed by atoms with E-state index in [0.29, 0.717) is 12.1 Å². The Bertz CT molecular complexity index is 901. The van der Waals surface area contributed by atoms with Gasteiger partial charge in [0.2, 0.25) is 5.88 Å². The summed E-state index contributed by atoms with van der Waals surface area (Å²) in [5.41, 5.74) is 3.75. The summed E-state index contributed by atoms with van der Waals surface area (Å²) in [7, 11) is 0. The molecule has 10 heteroatoms. The number of nitrogens with zero attached hydrogens (tertiary/aromatic N) is 1. The summed E-state index contributed by atoms with van der Waals surface area (Å²) in [5.74, 6) is -3.26. The molecule has 0 radical (unpaired) electrons. The smallest absolute Gasteiger partial charge is 0.416 e. The minimum absolute atomic E-state index is 0.0122. The second kappa shape index (κ2) is 7.52. The van der Waals surface area contributed by atoms with Gasteiger partial charge in [-0.3, -0.25) is 0 Å². The Labute approximate surface area is 160 Å². The molecule has 1 aromatic carbocycles. The lowest BCUT2D eigenvalue weighted by atomic mass is 9.82. The highest BCUT2D eigenvalue weighted by Gasteiger charge is 2.40. The number of ether oxygens (including phenoxy) is 2. The molecule has 3 N–H and O–H groups in total. The summed E-state index contributed by atoms with van der Waals surface area (Å²) >= 11 is 2.87. The Kier molecular flexibility index (Phi) is 5.75. The zero-order chi connectivity index (χ0) is 20.5. The number of hydrogen-bond donors (Lipinski definition) is 2. The van der Waals surface area contributed by atoms with Crippen molar-refractivity contribution in [3.8, 4) is 11.8 Å². The van der Waals surface area contributed by atoms with Crippen molar-refractivity contribution in [2.75, 3.05) is 6.61 Å². The Morgan fingerprint density at radius 3 is 2.63 bits per heavy atom. The van der Waals surface area contributed by atoms with E-state index in [1.165, 1.54) is 6.92 Å². The average Bonchev–Trinajstić information content (AvgIpc) is 2.55. The van der Waals surface area contributed by atoms with E-state index in [4.69, 9.17) is 15.2 Å². The van der Waals surface area contributed by atoms with Crippen molar-refractivity contribution in [2.45, 2.75) is 25.9 Å². The largest absolute Gasteiger partial charge is 0.506 e. The third kappa shape index (κ3) is 3.88. The second-order valence-corrected chi connectivity index (χ2v) is 6.36. The number of rotatable bonds is 3. The van der Waals surface area contributed by atoms with Crippen molar-refractivity contribution in [1.29, 1.82) is 5.26 Å². The number of alkyl halides is 3. The summed E-state index contributed by atoms with van der Waals surface area (Å²) in [4.78, 5) is 12.4. The van der Waals surface area contributed by atoms with E-state index in [2.05, 4.69) is 15.9 Å².